The van der Waals surface area contributed by atoms with Crippen molar-refractivity contribution in [3.63, 3.8) is 0 Å². The van der Waals surface area contributed by atoms with E-state index in [4.69, 9.17) is 16.2 Å². The minimum atomic E-state index is -1.92. The van der Waals surface area contributed by atoms with Crippen molar-refractivity contribution >= 4 is 22.7 Å². The lowest BCUT2D eigenvalue weighted by atomic mass is 9.96. The number of benzene rings is 2. The normalized spacial score (nSPS) is 12.3. The highest BCUT2D eigenvalue weighted by Gasteiger charge is 2.16. The Balaban J connectivity index is 2.08. The van der Waals surface area contributed by atoms with Crippen LogP contribution in [0.25, 0.3) is 16.8 Å². The van der Waals surface area contributed by atoms with Gasteiger partial charge in [-0.1, -0.05) is 49.7 Å². The van der Waals surface area contributed by atoms with Gasteiger partial charge in [0.2, 0.25) is 0 Å². The Morgan fingerprint density at radius 2 is 1.90 bits per heavy atom. The molecule has 158 valence electrons. The number of rotatable bonds is 7. The number of aromatic nitrogens is 2. The first-order valence-electron chi connectivity index (χ1n) is 9.49. The highest BCUT2D eigenvalue weighted by molar-refractivity contribution is 7.78. The lowest BCUT2D eigenvalue weighted by Gasteiger charge is -2.14. The second-order valence-corrected chi connectivity index (χ2v) is 8.79. The van der Waals surface area contributed by atoms with Gasteiger partial charge in [0.25, 0.3) is 5.56 Å². The summed E-state index contributed by atoms with van der Waals surface area (Å²) in [6.45, 7) is 4.17. The van der Waals surface area contributed by atoms with Crippen LogP contribution in [0.3, 0.4) is 0 Å². The second-order valence-electron chi connectivity index (χ2n) is 7.45. The minimum absolute atomic E-state index is 0.0473. The third kappa shape index (κ3) is 5.22. The molecule has 5 nitrogen and oxygen atoms in total. The molecule has 1 aromatic heterocycles. The van der Waals surface area contributed by atoms with E-state index in [0.717, 1.165) is 17.5 Å². The average Bonchev–Trinajstić information content (AvgIpc) is 2.69. The highest BCUT2D eigenvalue weighted by Crippen LogP contribution is 2.25. The first kappa shape index (κ1) is 22.3. The topological polar surface area (TPSA) is 72.2 Å². The van der Waals surface area contributed by atoms with Gasteiger partial charge in [-0.3, -0.25) is 4.79 Å². The van der Waals surface area contributed by atoms with Crippen molar-refractivity contribution in [2.24, 2.45) is 5.92 Å². The lowest BCUT2D eigenvalue weighted by Crippen LogP contribution is -2.26. The molecule has 30 heavy (non-hydrogen) atoms. The van der Waals surface area contributed by atoms with Crippen LogP contribution in [0.5, 0.6) is 0 Å². The van der Waals surface area contributed by atoms with Crippen LogP contribution in [-0.4, -0.2) is 18.5 Å². The van der Waals surface area contributed by atoms with Crippen molar-refractivity contribution in [2.45, 2.75) is 32.4 Å². The van der Waals surface area contributed by atoms with E-state index in [1.165, 1.54) is 22.9 Å². The van der Waals surface area contributed by atoms with E-state index >= 15 is 0 Å². The Labute approximate surface area is 181 Å². The van der Waals surface area contributed by atoms with Crippen molar-refractivity contribution in [1.82, 2.24) is 9.78 Å². The Kier molecular flexibility index (Phi) is 7.18. The van der Waals surface area contributed by atoms with Crippen LogP contribution in [-0.2, 0) is 23.3 Å². The Morgan fingerprint density at radius 3 is 2.50 bits per heavy atom. The molecule has 0 saturated heterocycles. The van der Waals surface area contributed by atoms with Crippen molar-refractivity contribution in [2.75, 3.05) is 0 Å². The lowest BCUT2D eigenvalue weighted by molar-refractivity contribution is 0.563. The summed E-state index contributed by atoms with van der Waals surface area (Å²) < 4.78 is 34.8. The molecule has 0 spiro atoms. The average molecular weight is 449 g/mol. The largest absolute Gasteiger partial charge is 0.306 e. The summed E-state index contributed by atoms with van der Waals surface area (Å²) in [5.74, 6) is -0.110. The zero-order valence-corrected chi connectivity index (χ0v) is 18.2. The molecule has 0 amide bonds. The van der Waals surface area contributed by atoms with Gasteiger partial charge < -0.3 is 4.55 Å². The fraction of sp³-hybridized carbons (Fsp3) is 0.273. The number of nitrogens with zero attached hydrogens (tertiary/aromatic N) is 2. The van der Waals surface area contributed by atoms with Gasteiger partial charge in [0, 0.05) is 11.1 Å². The molecule has 1 atom stereocenters. The second kappa shape index (κ2) is 9.64. The fourth-order valence-corrected chi connectivity index (χ4v) is 3.79. The van der Waals surface area contributed by atoms with Crippen LogP contribution < -0.4 is 5.56 Å². The van der Waals surface area contributed by atoms with Gasteiger partial charge in [0.05, 0.1) is 22.7 Å². The molecule has 1 N–H and O–H groups in total. The summed E-state index contributed by atoms with van der Waals surface area (Å²) in [6.07, 6.45) is 3.00. The van der Waals surface area contributed by atoms with Crippen molar-refractivity contribution < 1.29 is 13.2 Å². The van der Waals surface area contributed by atoms with Crippen LogP contribution >= 0.6 is 11.6 Å². The van der Waals surface area contributed by atoms with E-state index in [1.807, 2.05) is 12.1 Å². The van der Waals surface area contributed by atoms with E-state index in [-0.39, 0.29) is 16.3 Å². The highest BCUT2D eigenvalue weighted by atomic mass is 35.5. The summed E-state index contributed by atoms with van der Waals surface area (Å²) in [7, 11) is 0. The fourth-order valence-electron chi connectivity index (χ4n) is 3.14. The molecule has 2 aromatic carbocycles. The molecule has 1 unspecified atom stereocenters. The van der Waals surface area contributed by atoms with Crippen molar-refractivity contribution in [1.29, 1.82) is 0 Å². The van der Waals surface area contributed by atoms with Crippen LogP contribution in [0.1, 0.15) is 31.4 Å². The molecule has 0 aliphatic carbocycles. The SMILES string of the molecule is CC(C)CCc1c(-c2ccc(CS(=O)O)cc2)cnn(-c2ccc(F)c(Cl)c2)c1=O. The summed E-state index contributed by atoms with van der Waals surface area (Å²) >= 11 is 3.96. The number of halogens is 2. The predicted octanol–water partition coefficient (Wildman–Crippen LogP) is 5.00. The van der Waals surface area contributed by atoms with Crippen LogP contribution in [0.4, 0.5) is 4.39 Å². The maximum absolute atomic E-state index is 13.5. The molecule has 3 aromatic rings. The first-order valence-corrected chi connectivity index (χ1v) is 11.1. The standard InChI is InChI=1S/C22H22ClFN2O3S/c1-14(2)3-9-18-19(16-6-4-15(5-7-16)13-30(28)29)12-25-26(22(18)27)17-8-10-21(24)20(23)11-17/h4-8,10-12,14H,3,9,13H2,1-2H3,(H,28,29). The third-order valence-electron chi connectivity index (χ3n) is 4.75. The first-order chi connectivity index (χ1) is 14.3. The van der Waals surface area contributed by atoms with E-state index in [2.05, 4.69) is 18.9 Å². The molecule has 3 rings (SSSR count). The molecule has 0 aliphatic heterocycles. The van der Waals surface area contributed by atoms with Crippen LogP contribution in [0.2, 0.25) is 5.02 Å². The Bertz CT molecular complexity index is 1130. The van der Waals surface area contributed by atoms with Gasteiger partial charge in [-0.15, -0.1) is 0 Å². The maximum atomic E-state index is 13.5. The maximum Gasteiger partial charge on any atom is 0.275 e. The molecule has 0 fully saturated rings. The van der Waals surface area contributed by atoms with Gasteiger partial charge >= 0.3 is 0 Å². The predicted molar refractivity (Wildman–Crippen MR) is 118 cm³/mol. The number of hydrogen-bond acceptors (Lipinski definition) is 3. The molecular weight excluding hydrogens is 427 g/mol. The summed E-state index contributed by atoms with van der Waals surface area (Å²) in [6, 6.07) is 11.2. The molecule has 1 heterocycles. The van der Waals surface area contributed by atoms with Crippen molar-refractivity contribution in [3.05, 3.63) is 81.0 Å². The molecule has 0 radical (unpaired) electrons. The Hall–Kier alpha value is -2.35. The van der Waals surface area contributed by atoms with E-state index in [1.54, 1.807) is 18.3 Å². The van der Waals surface area contributed by atoms with Gasteiger partial charge in [-0.25, -0.2) is 8.60 Å². The van der Waals surface area contributed by atoms with E-state index in [9.17, 15) is 13.4 Å². The minimum Gasteiger partial charge on any atom is -0.306 e. The van der Waals surface area contributed by atoms with Gasteiger partial charge in [-0.05, 0) is 48.1 Å². The zero-order valence-electron chi connectivity index (χ0n) is 16.6. The van der Waals surface area contributed by atoms with E-state index < -0.39 is 16.9 Å². The molecule has 0 aliphatic rings. The summed E-state index contributed by atoms with van der Waals surface area (Å²) in [5, 5.41) is 4.21. The van der Waals surface area contributed by atoms with Crippen molar-refractivity contribution in [3.8, 4) is 16.8 Å². The van der Waals surface area contributed by atoms with Gasteiger partial charge in [0.1, 0.15) is 5.82 Å². The third-order valence-corrected chi connectivity index (χ3v) is 5.62. The quantitative estimate of drug-likeness (QED) is 0.516. The molecular formula is C22H22ClFN2O3S. The summed E-state index contributed by atoms with van der Waals surface area (Å²) in [5.41, 5.74) is 2.96. The van der Waals surface area contributed by atoms with Crippen LogP contribution in [0, 0.1) is 11.7 Å². The van der Waals surface area contributed by atoms with Gasteiger partial charge in [0.15, 0.2) is 11.1 Å². The van der Waals surface area contributed by atoms with E-state index in [0.29, 0.717) is 29.2 Å². The monoisotopic (exact) mass is 448 g/mol. The molecule has 0 saturated carbocycles. The summed E-state index contributed by atoms with van der Waals surface area (Å²) in [4.78, 5) is 13.3. The smallest absolute Gasteiger partial charge is 0.275 e. The molecule has 8 heteroatoms. The zero-order chi connectivity index (χ0) is 21.8. The Morgan fingerprint density at radius 1 is 1.20 bits per heavy atom. The number of hydrogen-bond donors (Lipinski definition) is 1. The van der Waals surface area contributed by atoms with Crippen LogP contribution in [0.15, 0.2) is 53.5 Å². The van der Waals surface area contributed by atoms with Gasteiger partial charge in [-0.2, -0.15) is 9.78 Å². The molecule has 0 bridgehead atoms.